The molecule has 0 saturated carbocycles. The summed E-state index contributed by atoms with van der Waals surface area (Å²) in [6, 6.07) is 8.61. The summed E-state index contributed by atoms with van der Waals surface area (Å²) in [7, 11) is 1.73. The largest absolute Gasteiger partial charge is 0.380 e. The summed E-state index contributed by atoms with van der Waals surface area (Å²) in [4.78, 5) is 0. The second kappa shape index (κ2) is 8.26. The van der Waals surface area contributed by atoms with E-state index in [1.54, 1.807) is 7.11 Å². The van der Waals surface area contributed by atoms with Gasteiger partial charge in [-0.05, 0) is 36.4 Å². The number of rotatable bonds is 8. The summed E-state index contributed by atoms with van der Waals surface area (Å²) in [5.74, 6) is 0.810. The minimum absolute atomic E-state index is 0.697. The van der Waals surface area contributed by atoms with Gasteiger partial charge in [0.2, 0.25) is 0 Å². The highest BCUT2D eigenvalue weighted by atomic mass is 16.5. The van der Waals surface area contributed by atoms with Crippen LogP contribution in [0.25, 0.3) is 0 Å². The fourth-order valence-corrected chi connectivity index (χ4v) is 1.79. The second-order valence-corrected chi connectivity index (χ2v) is 4.96. The van der Waals surface area contributed by atoms with Crippen molar-refractivity contribution in [2.45, 2.75) is 39.8 Å². The first kappa shape index (κ1) is 14.2. The van der Waals surface area contributed by atoms with Gasteiger partial charge in [0.1, 0.15) is 0 Å². The molecule has 0 aliphatic carbocycles. The molecule has 0 atom stereocenters. The lowest BCUT2D eigenvalue weighted by Gasteiger charge is -2.07. The van der Waals surface area contributed by atoms with Crippen LogP contribution in [-0.2, 0) is 17.9 Å². The maximum atomic E-state index is 5.09. The zero-order valence-corrected chi connectivity index (χ0v) is 11.3. The molecular formula is C15H25NO. The van der Waals surface area contributed by atoms with Gasteiger partial charge < -0.3 is 10.1 Å². The monoisotopic (exact) mass is 235 g/mol. The van der Waals surface area contributed by atoms with E-state index in [1.165, 1.54) is 24.0 Å². The molecule has 2 heteroatoms. The van der Waals surface area contributed by atoms with Crippen molar-refractivity contribution >= 4 is 0 Å². The molecule has 0 aliphatic heterocycles. The molecule has 1 rings (SSSR count). The molecule has 0 heterocycles. The summed E-state index contributed by atoms with van der Waals surface area (Å²) in [5, 5.41) is 3.48. The molecule has 1 N–H and O–H groups in total. The SMILES string of the molecule is COCc1ccc(CNCCCC(C)C)cc1. The van der Waals surface area contributed by atoms with E-state index in [0.29, 0.717) is 6.61 Å². The first-order valence-corrected chi connectivity index (χ1v) is 6.50. The van der Waals surface area contributed by atoms with E-state index in [-0.39, 0.29) is 0 Å². The van der Waals surface area contributed by atoms with Crippen molar-refractivity contribution in [2.75, 3.05) is 13.7 Å². The third-order valence-electron chi connectivity index (χ3n) is 2.80. The Morgan fingerprint density at radius 2 is 1.76 bits per heavy atom. The molecule has 0 aromatic heterocycles. The van der Waals surface area contributed by atoms with Crippen molar-refractivity contribution in [3.63, 3.8) is 0 Å². The van der Waals surface area contributed by atoms with Crippen LogP contribution in [-0.4, -0.2) is 13.7 Å². The summed E-state index contributed by atoms with van der Waals surface area (Å²) < 4.78 is 5.09. The van der Waals surface area contributed by atoms with Crippen molar-refractivity contribution in [3.05, 3.63) is 35.4 Å². The number of hydrogen-bond acceptors (Lipinski definition) is 2. The van der Waals surface area contributed by atoms with Crippen LogP contribution in [0.4, 0.5) is 0 Å². The molecule has 0 fully saturated rings. The molecule has 17 heavy (non-hydrogen) atoms. The Morgan fingerprint density at radius 1 is 1.12 bits per heavy atom. The Labute approximate surface area is 105 Å². The third kappa shape index (κ3) is 6.44. The van der Waals surface area contributed by atoms with Gasteiger partial charge in [-0.25, -0.2) is 0 Å². The number of nitrogens with one attached hydrogen (secondary N) is 1. The van der Waals surface area contributed by atoms with E-state index < -0.39 is 0 Å². The van der Waals surface area contributed by atoms with Crippen molar-refractivity contribution < 1.29 is 4.74 Å². The maximum absolute atomic E-state index is 5.09. The third-order valence-corrected chi connectivity index (χ3v) is 2.80. The molecule has 0 bridgehead atoms. The molecule has 0 radical (unpaired) electrons. The van der Waals surface area contributed by atoms with Crippen molar-refractivity contribution in [2.24, 2.45) is 5.92 Å². The molecule has 0 saturated heterocycles. The Bertz CT molecular complexity index is 292. The van der Waals surface area contributed by atoms with Gasteiger partial charge in [-0.1, -0.05) is 38.1 Å². The lowest BCUT2D eigenvalue weighted by atomic mass is 10.1. The van der Waals surface area contributed by atoms with Crippen LogP contribution in [0.1, 0.15) is 37.8 Å². The molecular weight excluding hydrogens is 210 g/mol. The van der Waals surface area contributed by atoms with Crippen molar-refractivity contribution in [3.8, 4) is 0 Å². The van der Waals surface area contributed by atoms with Crippen molar-refractivity contribution in [1.29, 1.82) is 0 Å². The zero-order chi connectivity index (χ0) is 12.5. The van der Waals surface area contributed by atoms with Crippen LogP contribution in [0.3, 0.4) is 0 Å². The summed E-state index contributed by atoms with van der Waals surface area (Å²) >= 11 is 0. The van der Waals surface area contributed by atoms with Crippen LogP contribution in [0.2, 0.25) is 0 Å². The standard InChI is InChI=1S/C15H25NO/c1-13(2)5-4-10-16-11-14-6-8-15(9-7-14)12-17-3/h6-9,13,16H,4-5,10-12H2,1-3H3. The Balaban J connectivity index is 2.18. The number of benzene rings is 1. The van der Waals surface area contributed by atoms with Gasteiger partial charge in [0.15, 0.2) is 0 Å². The summed E-state index contributed by atoms with van der Waals surface area (Å²) in [5.41, 5.74) is 2.57. The first-order valence-electron chi connectivity index (χ1n) is 6.50. The Kier molecular flexibility index (Phi) is 6.90. The predicted molar refractivity (Wildman–Crippen MR) is 72.9 cm³/mol. The fraction of sp³-hybridized carbons (Fsp3) is 0.600. The van der Waals surface area contributed by atoms with Crippen LogP contribution >= 0.6 is 0 Å². The highest BCUT2D eigenvalue weighted by molar-refractivity contribution is 5.21. The highest BCUT2D eigenvalue weighted by Gasteiger charge is 1.96. The normalized spacial score (nSPS) is 11.1. The summed E-state index contributed by atoms with van der Waals surface area (Å²) in [6.45, 7) is 7.31. The number of methoxy groups -OCH3 is 1. The van der Waals surface area contributed by atoms with Crippen LogP contribution in [0, 0.1) is 5.92 Å². The fourth-order valence-electron chi connectivity index (χ4n) is 1.79. The quantitative estimate of drug-likeness (QED) is 0.698. The molecule has 1 aromatic carbocycles. The van der Waals surface area contributed by atoms with Gasteiger partial charge in [-0.3, -0.25) is 0 Å². The lowest BCUT2D eigenvalue weighted by molar-refractivity contribution is 0.185. The topological polar surface area (TPSA) is 21.3 Å². The van der Waals surface area contributed by atoms with Crippen LogP contribution in [0.15, 0.2) is 24.3 Å². The Morgan fingerprint density at radius 3 is 2.35 bits per heavy atom. The predicted octanol–water partition coefficient (Wildman–Crippen LogP) is 3.36. The van der Waals surface area contributed by atoms with Gasteiger partial charge >= 0.3 is 0 Å². The van der Waals surface area contributed by atoms with Gasteiger partial charge in [-0.2, -0.15) is 0 Å². The highest BCUT2D eigenvalue weighted by Crippen LogP contribution is 2.06. The minimum Gasteiger partial charge on any atom is -0.380 e. The molecule has 0 aliphatic rings. The summed E-state index contributed by atoms with van der Waals surface area (Å²) in [6.07, 6.45) is 2.57. The van der Waals surface area contributed by atoms with E-state index in [1.807, 2.05) is 0 Å². The van der Waals surface area contributed by atoms with Gasteiger partial charge in [-0.15, -0.1) is 0 Å². The first-order chi connectivity index (χ1) is 8.22. The number of ether oxygens (including phenoxy) is 1. The zero-order valence-electron chi connectivity index (χ0n) is 11.3. The molecule has 2 nitrogen and oxygen atoms in total. The smallest absolute Gasteiger partial charge is 0.0713 e. The minimum atomic E-state index is 0.697. The average molecular weight is 235 g/mol. The molecule has 0 unspecified atom stereocenters. The van der Waals surface area contributed by atoms with E-state index >= 15 is 0 Å². The molecule has 1 aromatic rings. The van der Waals surface area contributed by atoms with E-state index in [9.17, 15) is 0 Å². The second-order valence-electron chi connectivity index (χ2n) is 4.96. The van der Waals surface area contributed by atoms with E-state index in [0.717, 1.165) is 19.0 Å². The van der Waals surface area contributed by atoms with E-state index in [2.05, 4.69) is 43.4 Å². The van der Waals surface area contributed by atoms with Gasteiger partial charge in [0.25, 0.3) is 0 Å². The van der Waals surface area contributed by atoms with Crippen molar-refractivity contribution in [1.82, 2.24) is 5.32 Å². The molecule has 0 spiro atoms. The number of hydrogen-bond donors (Lipinski definition) is 1. The van der Waals surface area contributed by atoms with Gasteiger partial charge in [0, 0.05) is 13.7 Å². The Hall–Kier alpha value is -0.860. The molecule has 0 amide bonds. The maximum Gasteiger partial charge on any atom is 0.0713 e. The van der Waals surface area contributed by atoms with Crippen LogP contribution < -0.4 is 5.32 Å². The molecule has 96 valence electrons. The van der Waals surface area contributed by atoms with Crippen LogP contribution in [0.5, 0.6) is 0 Å². The van der Waals surface area contributed by atoms with Gasteiger partial charge in [0.05, 0.1) is 6.61 Å². The van der Waals surface area contributed by atoms with E-state index in [4.69, 9.17) is 4.74 Å². The average Bonchev–Trinajstić information content (AvgIpc) is 2.31. The lowest BCUT2D eigenvalue weighted by Crippen LogP contribution is -2.15.